The van der Waals surface area contributed by atoms with Crippen LogP contribution >= 0.6 is 11.6 Å². The molecule has 0 aliphatic carbocycles. The molecule has 0 saturated heterocycles. The zero-order valence-corrected chi connectivity index (χ0v) is 10.3. The molecule has 0 bridgehead atoms. The highest BCUT2D eigenvalue weighted by molar-refractivity contribution is 6.34. The van der Waals surface area contributed by atoms with Gasteiger partial charge in [0.2, 0.25) is 0 Å². The molecule has 2 N–H and O–H groups in total. The van der Waals surface area contributed by atoms with Gasteiger partial charge in [-0.05, 0) is 18.2 Å². The fourth-order valence-electron chi connectivity index (χ4n) is 1.30. The van der Waals surface area contributed by atoms with E-state index in [4.69, 9.17) is 11.6 Å². The summed E-state index contributed by atoms with van der Waals surface area (Å²) in [6.07, 6.45) is 2.94. The van der Waals surface area contributed by atoms with E-state index in [2.05, 4.69) is 25.8 Å². The molecule has 0 aliphatic rings. The average Bonchev–Trinajstić information content (AvgIpc) is 2.40. The molecule has 18 heavy (non-hydrogen) atoms. The molecule has 0 saturated carbocycles. The van der Waals surface area contributed by atoms with E-state index >= 15 is 0 Å². The Bertz CT molecular complexity index is 561. The quantitative estimate of drug-likeness (QED) is 0.883. The van der Waals surface area contributed by atoms with Gasteiger partial charge in [-0.1, -0.05) is 11.6 Å². The number of carbonyl (C=O) groups excluding carboxylic acids is 1. The molecule has 0 aliphatic heterocycles. The zero-order valence-electron chi connectivity index (χ0n) is 9.51. The van der Waals surface area contributed by atoms with Crippen molar-refractivity contribution in [3.8, 4) is 0 Å². The van der Waals surface area contributed by atoms with E-state index in [1.165, 1.54) is 12.4 Å². The van der Waals surface area contributed by atoms with Gasteiger partial charge in [-0.2, -0.15) is 5.10 Å². The van der Waals surface area contributed by atoms with Crippen LogP contribution in [0.1, 0.15) is 10.4 Å². The van der Waals surface area contributed by atoms with E-state index in [1.54, 1.807) is 25.2 Å². The maximum absolute atomic E-state index is 12.0. The molecule has 2 aromatic heterocycles. The average molecular weight is 264 g/mol. The summed E-state index contributed by atoms with van der Waals surface area (Å²) >= 11 is 5.93. The van der Waals surface area contributed by atoms with Crippen LogP contribution in [-0.4, -0.2) is 28.1 Å². The first kappa shape index (κ1) is 12.3. The third-order valence-electron chi connectivity index (χ3n) is 2.17. The van der Waals surface area contributed by atoms with Crippen molar-refractivity contribution >= 4 is 29.1 Å². The van der Waals surface area contributed by atoms with Gasteiger partial charge in [0.25, 0.3) is 5.91 Å². The second kappa shape index (κ2) is 5.42. The van der Waals surface area contributed by atoms with Crippen LogP contribution in [-0.2, 0) is 0 Å². The highest BCUT2D eigenvalue weighted by Crippen LogP contribution is 2.18. The number of halogens is 1. The lowest BCUT2D eigenvalue weighted by atomic mass is 10.2. The summed E-state index contributed by atoms with van der Waals surface area (Å²) in [6, 6.07) is 4.88. The van der Waals surface area contributed by atoms with Crippen molar-refractivity contribution < 1.29 is 4.79 Å². The molecule has 0 radical (unpaired) electrons. The maximum Gasteiger partial charge on any atom is 0.258 e. The van der Waals surface area contributed by atoms with Crippen LogP contribution in [0.4, 0.5) is 11.6 Å². The minimum absolute atomic E-state index is 0.274. The van der Waals surface area contributed by atoms with Crippen molar-refractivity contribution in [1.29, 1.82) is 0 Å². The van der Waals surface area contributed by atoms with Gasteiger partial charge < -0.3 is 10.6 Å². The van der Waals surface area contributed by atoms with Crippen molar-refractivity contribution in [2.45, 2.75) is 0 Å². The molecule has 2 rings (SSSR count). The number of nitrogens with one attached hydrogen (secondary N) is 2. The molecule has 0 atom stereocenters. The van der Waals surface area contributed by atoms with Crippen molar-refractivity contribution in [3.63, 3.8) is 0 Å². The van der Waals surface area contributed by atoms with Crippen molar-refractivity contribution in [3.05, 3.63) is 41.2 Å². The first-order chi connectivity index (χ1) is 8.70. The maximum atomic E-state index is 12.0. The Hall–Kier alpha value is -2.21. The minimum Gasteiger partial charge on any atom is -0.373 e. The topological polar surface area (TPSA) is 79.8 Å². The molecule has 0 aromatic carbocycles. The Morgan fingerprint density at radius 2 is 2.22 bits per heavy atom. The predicted octanol–water partition coefficient (Wildman–Crippen LogP) is 1.82. The van der Waals surface area contributed by atoms with Crippen LogP contribution in [0.25, 0.3) is 0 Å². The van der Waals surface area contributed by atoms with Gasteiger partial charge in [-0.15, -0.1) is 5.10 Å². The van der Waals surface area contributed by atoms with Gasteiger partial charge in [0.1, 0.15) is 5.82 Å². The SMILES string of the molecule is CNc1cc(C(=O)Nc2cccnn2)c(Cl)cn1. The third kappa shape index (κ3) is 2.72. The Morgan fingerprint density at radius 3 is 2.89 bits per heavy atom. The lowest BCUT2D eigenvalue weighted by Crippen LogP contribution is -2.14. The molecular formula is C11H10ClN5O. The van der Waals surface area contributed by atoms with Crippen LogP contribution in [0.2, 0.25) is 5.02 Å². The van der Waals surface area contributed by atoms with Gasteiger partial charge in [0.05, 0.1) is 10.6 Å². The highest BCUT2D eigenvalue weighted by Gasteiger charge is 2.12. The third-order valence-corrected chi connectivity index (χ3v) is 2.47. The monoisotopic (exact) mass is 263 g/mol. The summed E-state index contributed by atoms with van der Waals surface area (Å²) in [5, 5.41) is 13.1. The molecule has 0 spiro atoms. The summed E-state index contributed by atoms with van der Waals surface area (Å²) in [6.45, 7) is 0. The Labute approximate surface area is 108 Å². The minimum atomic E-state index is -0.362. The summed E-state index contributed by atoms with van der Waals surface area (Å²) in [4.78, 5) is 16.0. The molecule has 0 fully saturated rings. The van der Waals surface area contributed by atoms with Crippen molar-refractivity contribution in [2.24, 2.45) is 0 Å². The smallest absolute Gasteiger partial charge is 0.258 e. The second-order valence-electron chi connectivity index (χ2n) is 3.36. The van der Waals surface area contributed by atoms with Crippen molar-refractivity contribution in [1.82, 2.24) is 15.2 Å². The number of aromatic nitrogens is 3. The normalized spacial score (nSPS) is 9.89. The van der Waals surface area contributed by atoms with Crippen LogP contribution in [0, 0.1) is 0 Å². The Morgan fingerprint density at radius 1 is 1.39 bits per heavy atom. The van der Waals surface area contributed by atoms with Crippen LogP contribution in [0.5, 0.6) is 0 Å². The number of pyridine rings is 1. The molecule has 1 amide bonds. The lowest BCUT2D eigenvalue weighted by Gasteiger charge is -2.07. The van der Waals surface area contributed by atoms with Crippen LogP contribution in [0.15, 0.2) is 30.6 Å². The van der Waals surface area contributed by atoms with Gasteiger partial charge >= 0.3 is 0 Å². The van der Waals surface area contributed by atoms with E-state index in [0.717, 1.165) is 0 Å². The molecule has 2 heterocycles. The van der Waals surface area contributed by atoms with Crippen LogP contribution in [0.3, 0.4) is 0 Å². The van der Waals surface area contributed by atoms with Gasteiger partial charge in [-0.3, -0.25) is 4.79 Å². The standard InChI is InChI=1S/C11H10ClN5O/c1-13-10-5-7(8(12)6-14-10)11(18)16-9-3-2-4-15-17-9/h2-6H,1H3,(H,13,14)(H,16,17,18). The first-order valence-electron chi connectivity index (χ1n) is 5.13. The molecular weight excluding hydrogens is 254 g/mol. The molecule has 7 heteroatoms. The van der Waals surface area contributed by atoms with E-state index in [1.807, 2.05) is 0 Å². The van der Waals surface area contributed by atoms with Crippen LogP contribution < -0.4 is 10.6 Å². The van der Waals surface area contributed by atoms with Gasteiger partial charge in [0.15, 0.2) is 5.82 Å². The molecule has 6 nitrogen and oxygen atoms in total. The lowest BCUT2D eigenvalue weighted by molar-refractivity contribution is 0.102. The van der Waals surface area contributed by atoms with E-state index < -0.39 is 0 Å². The number of hydrogen-bond acceptors (Lipinski definition) is 5. The number of rotatable bonds is 3. The summed E-state index contributed by atoms with van der Waals surface area (Å²) in [5.74, 6) is 0.560. The first-order valence-corrected chi connectivity index (χ1v) is 5.51. The zero-order chi connectivity index (χ0) is 13.0. The largest absolute Gasteiger partial charge is 0.373 e. The molecule has 92 valence electrons. The molecule has 2 aromatic rings. The number of nitrogens with zero attached hydrogens (tertiary/aromatic N) is 3. The van der Waals surface area contributed by atoms with E-state index in [-0.39, 0.29) is 10.9 Å². The fraction of sp³-hybridized carbons (Fsp3) is 0.0909. The van der Waals surface area contributed by atoms with Gasteiger partial charge in [0, 0.05) is 19.4 Å². The summed E-state index contributed by atoms with van der Waals surface area (Å²) in [7, 11) is 1.71. The van der Waals surface area contributed by atoms with Gasteiger partial charge in [-0.25, -0.2) is 4.98 Å². The number of amides is 1. The number of hydrogen-bond donors (Lipinski definition) is 2. The number of anilines is 2. The summed E-state index contributed by atoms with van der Waals surface area (Å²) in [5.41, 5.74) is 0.321. The Balaban J connectivity index is 2.23. The highest BCUT2D eigenvalue weighted by atomic mass is 35.5. The second-order valence-corrected chi connectivity index (χ2v) is 3.77. The van der Waals surface area contributed by atoms with Crippen molar-refractivity contribution in [2.75, 3.05) is 17.7 Å². The fourth-order valence-corrected chi connectivity index (χ4v) is 1.49. The molecule has 0 unspecified atom stereocenters. The van der Waals surface area contributed by atoms with E-state index in [0.29, 0.717) is 17.2 Å². The van der Waals surface area contributed by atoms with E-state index in [9.17, 15) is 4.79 Å². The summed E-state index contributed by atoms with van der Waals surface area (Å²) < 4.78 is 0. The predicted molar refractivity (Wildman–Crippen MR) is 68.8 cm³/mol. The number of carbonyl (C=O) groups is 1. The Kier molecular flexibility index (Phi) is 3.69.